The summed E-state index contributed by atoms with van der Waals surface area (Å²) < 4.78 is 15.2. The van der Waals surface area contributed by atoms with Crippen LogP contribution in [0.5, 0.6) is 11.5 Å². The zero-order valence-electron chi connectivity index (χ0n) is 16.8. The van der Waals surface area contributed by atoms with Gasteiger partial charge in [0.2, 0.25) is 0 Å². The van der Waals surface area contributed by atoms with Crippen molar-refractivity contribution < 1.29 is 23.8 Å². The third-order valence-corrected chi connectivity index (χ3v) is 4.75. The van der Waals surface area contributed by atoms with Gasteiger partial charge in [0.05, 0.1) is 25.9 Å². The molecule has 1 aromatic carbocycles. The predicted octanol–water partition coefficient (Wildman–Crippen LogP) is 1.48. The number of nitrogens with zero attached hydrogens (tertiary/aromatic N) is 4. The number of hydrogen-bond donors (Lipinski definition) is 0. The summed E-state index contributed by atoms with van der Waals surface area (Å²) in [5.74, 6) is 0.819. The molecule has 2 heterocycles. The number of pyridine rings is 1. The molecule has 156 valence electrons. The summed E-state index contributed by atoms with van der Waals surface area (Å²) in [4.78, 5) is 32.3. The predicted molar refractivity (Wildman–Crippen MR) is 108 cm³/mol. The average Bonchev–Trinajstić information content (AvgIpc) is 2.82. The van der Waals surface area contributed by atoms with Gasteiger partial charge in [-0.15, -0.1) is 0 Å². The minimum atomic E-state index is -0.509. The number of methoxy groups -OCH3 is 2. The van der Waals surface area contributed by atoms with Crippen LogP contribution in [0.1, 0.15) is 15.9 Å². The highest BCUT2D eigenvalue weighted by atomic mass is 16.6. The molecule has 9 nitrogen and oxygen atoms in total. The first-order chi connectivity index (χ1) is 14.5. The van der Waals surface area contributed by atoms with Crippen LogP contribution >= 0.6 is 0 Å². The smallest absolute Gasteiger partial charge is 0.343 e. The average molecular weight is 410 g/mol. The topological polar surface area (TPSA) is 105 Å². The highest BCUT2D eigenvalue weighted by molar-refractivity contribution is 5.95. The third-order valence-electron chi connectivity index (χ3n) is 4.75. The summed E-state index contributed by atoms with van der Waals surface area (Å²) in [5, 5.41) is 9.05. The number of aromatic nitrogens is 1. The molecule has 0 unspecified atom stereocenters. The van der Waals surface area contributed by atoms with E-state index in [0.717, 1.165) is 5.82 Å². The van der Waals surface area contributed by atoms with Crippen molar-refractivity contribution in [3.05, 3.63) is 47.7 Å². The second kappa shape index (κ2) is 9.60. The Labute approximate surface area is 174 Å². The quantitative estimate of drug-likeness (QED) is 0.660. The molecule has 0 aliphatic carbocycles. The van der Waals surface area contributed by atoms with Crippen LogP contribution in [0.25, 0.3) is 0 Å². The molecule has 1 saturated heterocycles. The third kappa shape index (κ3) is 4.78. The summed E-state index contributed by atoms with van der Waals surface area (Å²) in [6.45, 7) is 2.04. The molecule has 0 N–H and O–H groups in total. The van der Waals surface area contributed by atoms with Gasteiger partial charge < -0.3 is 24.0 Å². The monoisotopic (exact) mass is 410 g/mol. The van der Waals surface area contributed by atoms with E-state index in [0.29, 0.717) is 48.8 Å². The van der Waals surface area contributed by atoms with Gasteiger partial charge >= 0.3 is 5.97 Å². The molecular weight excluding hydrogens is 388 g/mol. The van der Waals surface area contributed by atoms with Crippen molar-refractivity contribution in [3.8, 4) is 17.6 Å². The van der Waals surface area contributed by atoms with Crippen LogP contribution in [0.4, 0.5) is 5.82 Å². The van der Waals surface area contributed by atoms with Crippen molar-refractivity contribution in [2.24, 2.45) is 0 Å². The second-order valence-corrected chi connectivity index (χ2v) is 6.52. The van der Waals surface area contributed by atoms with Gasteiger partial charge in [0, 0.05) is 37.9 Å². The first-order valence-electron chi connectivity index (χ1n) is 9.33. The lowest BCUT2D eigenvalue weighted by atomic mass is 10.1. The molecule has 0 saturated carbocycles. The van der Waals surface area contributed by atoms with Crippen molar-refractivity contribution >= 4 is 17.7 Å². The Kier molecular flexibility index (Phi) is 6.70. The Bertz CT molecular complexity index is 964. The number of rotatable bonds is 6. The maximum Gasteiger partial charge on any atom is 0.343 e. The van der Waals surface area contributed by atoms with Crippen molar-refractivity contribution in [3.63, 3.8) is 0 Å². The van der Waals surface area contributed by atoms with Crippen molar-refractivity contribution in [1.29, 1.82) is 5.26 Å². The van der Waals surface area contributed by atoms with Crippen LogP contribution in [0.3, 0.4) is 0 Å². The minimum Gasteiger partial charge on any atom is -0.493 e. The highest BCUT2D eigenvalue weighted by Gasteiger charge is 2.24. The molecule has 30 heavy (non-hydrogen) atoms. The Balaban J connectivity index is 1.64. The molecule has 1 amide bonds. The maximum atomic E-state index is 12.9. The van der Waals surface area contributed by atoms with Crippen molar-refractivity contribution in [2.45, 2.75) is 0 Å². The second-order valence-electron chi connectivity index (χ2n) is 6.52. The van der Waals surface area contributed by atoms with Gasteiger partial charge in [-0.25, -0.2) is 9.78 Å². The summed E-state index contributed by atoms with van der Waals surface area (Å²) in [6, 6.07) is 10.4. The van der Waals surface area contributed by atoms with Crippen LogP contribution in [0.2, 0.25) is 0 Å². The number of hydrogen-bond acceptors (Lipinski definition) is 8. The van der Waals surface area contributed by atoms with Gasteiger partial charge in [0.1, 0.15) is 5.82 Å². The fourth-order valence-corrected chi connectivity index (χ4v) is 3.10. The largest absolute Gasteiger partial charge is 0.493 e. The minimum absolute atomic E-state index is 0.119. The molecule has 0 spiro atoms. The van der Waals surface area contributed by atoms with Gasteiger partial charge in [-0.05, 0) is 30.3 Å². The first kappa shape index (κ1) is 20.9. The Morgan fingerprint density at radius 1 is 1.10 bits per heavy atom. The number of amides is 1. The lowest BCUT2D eigenvalue weighted by Gasteiger charge is -2.35. The molecule has 3 rings (SSSR count). The van der Waals surface area contributed by atoms with Crippen LogP contribution < -0.4 is 14.4 Å². The standard InChI is InChI=1S/C21H22N4O5/c1-28-18-12-16(3-4-17(18)30-14-20(26)29-2)21(27)25-9-7-24(8-10-25)19-11-15(13-22)5-6-23-19/h3-6,11-12H,7-10,14H2,1-2H3. The van der Waals surface area contributed by atoms with E-state index in [9.17, 15) is 9.59 Å². The molecule has 1 aromatic heterocycles. The zero-order chi connectivity index (χ0) is 21.5. The summed E-state index contributed by atoms with van der Waals surface area (Å²) >= 11 is 0. The Morgan fingerprint density at radius 3 is 2.53 bits per heavy atom. The molecule has 9 heteroatoms. The van der Waals surface area contributed by atoms with Crippen molar-refractivity contribution in [2.75, 3.05) is 51.9 Å². The SMILES string of the molecule is COC(=O)COc1ccc(C(=O)N2CCN(c3cc(C#N)ccn3)CC2)cc1OC. The lowest BCUT2D eigenvalue weighted by Crippen LogP contribution is -2.49. The summed E-state index contributed by atoms with van der Waals surface area (Å²) in [5.41, 5.74) is 1.02. The molecule has 1 aliphatic heterocycles. The van der Waals surface area contributed by atoms with Gasteiger partial charge in [-0.3, -0.25) is 4.79 Å². The van der Waals surface area contributed by atoms with E-state index in [1.54, 1.807) is 41.4 Å². The molecule has 0 radical (unpaired) electrons. The van der Waals surface area contributed by atoms with Gasteiger partial charge in [-0.1, -0.05) is 0 Å². The van der Waals surface area contributed by atoms with Crippen LogP contribution in [-0.4, -0.2) is 68.8 Å². The molecule has 1 fully saturated rings. The van der Waals surface area contributed by atoms with Gasteiger partial charge in [-0.2, -0.15) is 5.26 Å². The zero-order valence-corrected chi connectivity index (χ0v) is 16.8. The lowest BCUT2D eigenvalue weighted by molar-refractivity contribution is -0.142. The summed E-state index contributed by atoms with van der Waals surface area (Å²) in [6.07, 6.45) is 1.61. The molecule has 0 atom stereocenters. The molecule has 0 bridgehead atoms. The number of carbonyl (C=O) groups is 2. The van der Waals surface area contributed by atoms with Crippen molar-refractivity contribution in [1.82, 2.24) is 9.88 Å². The van der Waals surface area contributed by atoms with E-state index >= 15 is 0 Å². The fourth-order valence-electron chi connectivity index (χ4n) is 3.10. The Hall–Kier alpha value is -3.80. The van der Waals surface area contributed by atoms with E-state index in [4.69, 9.17) is 14.7 Å². The van der Waals surface area contributed by atoms with E-state index < -0.39 is 5.97 Å². The highest BCUT2D eigenvalue weighted by Crippen LogP contribution is 2.29. The normalized spacial score (nSPS) is 13.4. The number of ether oxygens (including phenoxy) is 3. The Morgan fingerprint density at radius 2 is 1.87 bits per heavy atom. The molecule has 2 aromatic rings. The molecule has 1 aliphatic rings. The maximum absolute atomic E-state index is 12.9. The van der Waals surface area contributed by atoms with Crippen LogP contribution in [0.15, 0.2) is 36.5 Å². The number of esters is 1. The number of benzene rings is 1. The number of anilines is 1. The van der Waals surface area contributed by atoms with Crippen LogP contribution in [-0.2, 0) is 9.53 Å². The fraction of sp³-hybridized carbons (Fsp3) is 0.333. The first-order valence-corrected chi connectivity index (χ1v) is 9.33. The summed E-state index contributed by atoms with van der Waals surface area (Å²) in [7, 11) is 2.75. The van der Waals surface area contributed by atoms with Crippen LogP contribution in [0, 0.1) is 11.3 Å². The molecular formula is C21H22N4O5. The van der Waals surface area contributed by atoms with E-state index in [1.165, 1.54) is 14.2 Å². The number of nitriles is 1. The van der Waals surface area contributed by atoms with Gasteiger partial charge in [0.25, 0.3) is 5.91 Å². The van der Waals surface area contributed by atoms with E-state index in [2.05, 4.69) is 20.7 Å². The number of piperazine rings is 1. The van der Waals surface area contributed by atoms with E-state index in [-0.39, 0.29) is 12.5 Å². The van der Waals surface area contributed by atoms with Gasteiger partial charge in [0.15, 0.2) is 18.1 Å². The van der Waals surface area contributed by atoms with E-state index in [1.807, 2.05) is 0 Å². The number of carbonyl (C=O) groups excluding carboxylic acids is 2.